The summed E-state index contributed by atoms with van der Waals surface area (Å²) in [6.45, 7) is 20.1. The van der Waals surface area contributed by atoms with Gasteiger partial charge in [-0.2, -0.15) is 0 Å². The van der Waals surface area contributed by atoms with Crippen LogP contribution in [0.25, 0.3) is 0 Å². The molecule has 6 aliphatic carbocycles. The highest BCUT2D eigenvalue weighted by Crippen LogP contribution is 2.87. The highest BCUT2D eigenvalue weighted by atomic mass is 19.1. The van der Waals surface area contributed by atoms with Crippen LogP contribution in [0.1, 0.15) is 132 Å². The molecule has 0 bridgehead atoms. The second kappa shape index (κ2) is 14.2. The molecule has 2 N–H and O–H groups in total. The van der Waals surface area contributed by atoms with Crippen LogP contribution in [-0.2, 0) is 25.7 Å². The van der Waals surface area contributed by atoms with E-state index >= 15 is 0 Å². The standard InChI is InChI=1S/C48H71FN2O6/c1-30(2)39-34(52)25-47(36(53)28-51(24-23-50(9)10)27-31-11-13-32(49)14-12-31)21-19-43(5)33(40(39)47)15-16-35-44(43,6)20-22-48-29-46(48,8)37(17-18-45(35,48)7)57-38(54)26-42(3,4)41(55)56/h11-14,30,33,35-37,53H,15-29H2,1-10H3,(H,55,56)/t33-,35+,36-,37+,43-,44-,45-,46?,47+,48+/m1/s1. The molecular formula is C48H71FN2O6. The first-order valence-corrected chi connectivity index (χ1v) is 22.0. The first kappa shape index (κ1) is 42.5. The molecule has 0 aromatic heterocycles. The van der Waals surface area contributed by atoms with Crippen LogP contribution in [0, 0.1) is 61.5 Å². The number of carbonyl (C=O) groups is 3. The number of carboxylic acids is 1. The lowest BCUT2D eigenvalue weighted by molar-refractivity contribution is -0.221. The quantitative estimate of drug-likeness (QED) is 0.191. The van der Waals surface area contributed by atoms with Crippen molar-refractivity contribution in [3.63, 3.8) is 0 Å². The average molecular weight is 791 g/mol. The predicted molar refractivity (Wildman–Crippen MR) is 219 cm³/mol. The number of esters is 1. The van der Waals surface area contributed by atoms with Gasteiger partial charge in [0.15, 0.2) is 5.78 Å². The summed E-state index contributed by atoms with van der Waals surface area (Å²) >= 11 is 0. The van der Waals surface area contributed by atoms with Gasteiger partial charge in [-0.3, -0.25) is 19.3 Å². The summed E-state index contributed by atoms with van der Waals surface area (Å²) in [4.78, 5) is 43.7. The number of hydrogen-bond donors (Lipinski definition) is 2. The van der Waals surface area contributed by atoms with Crippen molar-refractivity contribution in [2.75, 3.05) is 33.7 Å². The Hall–Kier alpha value is -2.62. The molecule has 57 heavy (non-hydrogen) atoms. The minimum atomic E-state index is -1.17. The van der Waals surface area contributed by atoms with E-state index in [0.29, 0.717) is 25.4 Å². The third-order valence-corrected chi connectivity index (χ3v) is 18.1. The fourth-order valence-electron chi connectivity index (χ4n) is 14.6. The number of halogens is 1. The van der Waals surface area contributed by atoms with Crippen LogP contribution in [0.5, 0.6) is 0 Å². The first-order chi connectivity index (χ1) is 26.5. The number of likely N-dealkylation sites (N-methyl/N-ethyl adjacent to an activating group) is 1. The predicted octanol–water partition coefficient (Wildman–Crippen LogP) is 8.70. The van der Waals surface area contributed by atoms with E-state index in [1.165, 1.54) is 17.7 Å². The molecule has 5 fully saturated rings. The lowest BCUT2D eigenvalue weighted by atomic mass is 9.33. The van der Waals surface area contributed by atoms with E-state index in [2.05, 4.69) is 65.4 Å². The van der Waals surface area contributed by atoms with E-state index in [0.717, 1.165) is 82.0 Å². The fourth-order valence-corrected chi connectivity index (χ4v) is 14.6. The molecule has 5 saturated carbocycles. The summed E-state index contributed by atoms with van der Waals surface area (Å²) in [5.74, 6) is -0.647. The number of aliphatic carboxylic acids is 1. The summed E-state index contributed by atoms with van der Waals surface area (Å²) in [7, 11) is 4.11. The van der Waals surface area contributed by atoms with Gasteiger partial charge in [-0.25, -0.2) is 4.39 Å². The van der Waals surface area contributed by atoms with E-state index in [1.807, 2.05) is 12.1 Å². The number of benzene rings is 1. The van der Waals surface area contributed by atoms with Crippen LogP contribution < -0.4 is 0 Å². The largest absolute Gasteiger partial charge is 0.481 e. The summed E-state index contributed by atoms with van der Waals surface area (Å²) in [5, 5.41) is 22.3. The van der Waals surface area contributed by atoms with Gasteiger partial charge in [-0.05, 0) is 148 Å². The summed E-state index contributed by atoms with van der Waals surface area (Å²) in [5.41, 5.74) is 1.54. The zero-order valence-corrected chi connectivity index (χ0v) is 36.6. The SMILES string of the molecule is CC(C)C1=C2[C@H]3CC[C@@H]4[C@@]5(C)CC[C@H](OC(=O)CC(C)(C)C(=O)O)C6(C)C[C@]65CC[C@@]4(C)[C@]3(C)CC[C@@]2([C@H](O)CN(CCN(C)C)Cc2ccc(F)cc2)CC1=O. The Labute approximate surface area is 341 Å². The second-order valence-electron chi connectivity index (χ2n) is 21.9. The monoisotopic (exact) mass is 791 g/mol. The third kappa shape index (κ3) is 6.40. The third-order valence-electron chi connectivity index (χ3n) is 18.1. The molecule has 1 aromatic carbocycles. The Bertz CT molecular complexity index is 1810. The van der Waals surface area contributed by atoms with Crippen LogP contribution in [0.3, 0.4) is 0 Å². The van der Waals surface area contributed by atoms with E-state index in [-0.39, 0.29) is 63.0 Å². The number of aliphatic hydroxyl groups is 1. The van der Waals surface area contributed by atoms with Crippen molar-refractivity contribution >= 4 is 17.7 Å². The summed E-state index contributed by atoms with van der Waals surface area (Å²) < 4.78 is 20.1. The number of fused-ring (bicyclic) bond motifs is 6. The maximum absolute atomic E-state index is 14.3. The van der Waals surface area contributed by atoms with Crippen molar-refractivity contribution in [2.45, 2.75) is 145 Å². The van der Waals surface area contributed by atoms with Crippen LogP contribution in [0.2, 0.25) is 0 Å². The van der Waals surface area contributed by atoms with Gasteiger partial charge in [-0.15, -0.1) is 0 Å². The molecule has 1 unspecified atom stereocenters. The highest BCUT2D eigenvalue weighted by Gasteiger charge is 2.82. The van der Waals surface area contributed by atoms with Crippen LogP contribution in [0.4, 0.5) is 4.39 Å². The highest BCUT2D eigenvalue weighted by molar-refractivity contribution is 6.00. The number of carbonyl (C=O) groups excluding carboxylic acids is 2. The van der Waals surface area contributed by atoms with Crippen molar-refractivity contribution in [1.29, 1.82) is 0 Å². The van der Waals surface area contributed by atoms with Crippen molar-refractivity contribution in [1.82, 2.24) is 9.80 Å². The molecule has 0 radical (unpaired) electrons. The molecule has 1 spiro atoms. The molecule has 9 heteroatoms. The second-order valence-corrected chi connectivity index (χ2v) is 21.9. The molecule has 0 saturated heterocycles. The maximum atomic E-state index is 14.3. The Morgan fingerprint density at radius 2 is 1.58 bits per heavy atom. The Kier molecular flexibility index (Phi) is 10.6. The van der Waals surface area contributed by atoms with E-state index < -0.39 is 28.9 Å². The van der Waals surface area contributed by atoms with Crippen molar-refractivity contribution in [2.24, 2.45) is 55.7 Å². The lowest BCUT2D eigenvalue weighted by Gasteiger charge is -2.71. The molecule has 1 aromatic rings. The number of rotatable bonds is 13. The molecule has 7 rings (SSSR count). The molecule has 0 amide bonds. The molecule has 0 aliphatic heterocycles. The van der Waals surface area contributed by atoms with Gasteiger partial charge in [0.25, 0.3) is 0 Å². The fraction of sp³-hybridized carbons (Fsp3) is 0.771. The Balaban J connectivity index is 1.17. The molecule has 316 valence electrons. The molecular weight excluding hydrogens is 720 g/mol. The number of ketones is 1. The van der Waals surface area contributed by atoms with Crippen molar-refractivity contribution in [3.8, 4) is 0 Å². The van der Waals surface area contributed by atoms with Gasteiger partial charge in [0.05, 0.1) is 17.9 Å². The van der Waals surface area contributed by atoms with Gasteiger partial charge in [-0.1, -0.05) is 59.2 Å². The first-order valence-electron chi connectivity index (χ1n) is 22.0. The number of nitrogens with zero attached hydrogens (tertiary/aromatic N) is 2. The van der Waals surface area contributed by atoms with Gasteiger partial charge >= 0.3 is 11.9 Å². The molecule has 10 atom stereocenters. The van der Waals surface area contributed by atoms with Crippen molar-refractivity contribution < 1.29 is 33.7 Å². The summed E-state index contributed by atoms with van der Waals surface area (Å²) in [6, 6.07) is 6.66. The van der Waals surface area contributed by atoms with Gasteiger partial charge in [0.1, 0.15) is 11.9 Å². The van der Waals surface area contributed by atoms with Crippen LogP contribution >= 0.6 is 0 Å². The van der Waals surface area contributed by atoms with Crippen LogP contribution in [-0.4, -0.2) is 83.7 Å². The number of Topliss-reactive ketones (excluding diaryl/α,β-unsaturated/α-hetero) is 1. The van der Waals surface area contributed by atoms with Gasteiger partial charge in [0.2, 0.25) is 0 Å². The van der Waals surface area contributed by atoms with Gasteiger partial charge < -0.3 is 19.8 Å². The number of hydrogen-bond acceptors (Lipinski definition) is 7. The number of ether oxygens (including phenoxy) is 1. The zero-order chi connectivity index (χ0) is 41.7. The normalized spacial score (nSPS) is 39.0. The van der Waals surface area contributed by atoms with Crippen LogP contribution in [0.15, 0.2) is 35.4 Å². The molecule has 6 aliphatic rings. The maximum Gasteiger partial charge on any atom is 0.309 e. The smallest absolute Gasteiger partial charge is 0.309 e. The molecule has 0 heterocycles. The minimum absolute atomic E-state index is 0.0343. The molecule has 8 nitrogen and oxygen atoms in total. The summed E-state index contributed by atoms with van der Waals surface area (Å²) in [6.07, 6.45) is 8.20. The van der Waals surface area contributed by atoms with E-state index in [1.54, 1.807) is 13.8 Å². The number of carboxylic acid groups (broad SMARTS) is 1. The minimum Gasteiger partial charge on any atom is -0.481 e. The zero-order valence-electron chi connectivity index (χ0n) is 36.6. The van der Waals surface area contributed by atoms with Gasteiger partial charge in [0, 0.05) is 43.4 Å². The average Bonchev–Trinajstić information content (AvgIpc) is 3.65. The van der Waals surface area contributed by atoms with Crippen molar-refractivity contribution in [3.05, 3.63) is 46.8 Å². The Morgan fingerprint density at radius 3 is 2.21 bits per heavy atom. The number of aliphatic hydroxyl groups excluding tert-OH is 1. The lowest BCUT2D eigenvalue weighted by Crippen LogP contribution is -2.65. The number of allylic oxidation sites excluding steroid dienone is 1. The topological polar surface area (TPSA) is 107 Å². The van der Waals surface area contributed by atoms with E-state index in [4.69, 9.17) is 4.74 Å². The van der Waals surface area contributed by atoms with E-state index in [9.17, 15) is 29.0 Å². The Morgan fingerprint density at radius 1 is 0.912 bits per heavy atom.